The molecule has 1 aromatic carbocycles. The van der Waals surface area contributed by atoms with Crippen LogP contribution in [0.1, 0.15) is 19.8 Å². The molecule has 4 heteroatoms. The van der Waals surface area contributed by atoms with Crippen molar-refractivity contribution in [2.75, 3.05) is 17.2 Å². The molecule has 1 fully saturated rings. The quantitative estimate of drug-likeness (QED) is 0.824. The van der Waals surface area contributed by atoms with Gasteiger partial charge < -0.3 is 10.6 Å². The zero-order valence-corrected chi connectivity index (χ0v) is 10.7. The van der Waals surface area contributed by atoms with Crippen molar-refractivity contribution in [3.05, 3.63) is 22.4 Å². The molecule has 1 heterocycles. The van der Waals surface area contributed by atoms with Crippen LogP contribution in [0.2, 0.25) is 0 Å². The molecule has 0 saturated heterocycles. The van der Waals surface area contributed by atoms with Crippen molar-refractivity contribution < 1.29 is 4.39 Å². The van der Waals surface area contributed by atoms with Crippen molar-refractivity contribution >= 4 is 27.3 Å². The summed E-state index contributed by atoms with van der Waals surface area (Å²) >= 11 is 3.20. The Kier molecular flexibility index (Phi) is 2.18. The van der Waals surface area contributed by atoms with Gasteiger partial charge in [-0.2, -0.15) is 0 Å². The molecule has 1 aliphatic heterocycles. The Morgan fingerprint density at radius 1 is 1.38 bits per heavy atom. The average Bonchev–Trinajstić information content (AvgIpc) is 3.04. The molecular weight excluding hydrogens is 271 g/mol. The topological polar surface area (TPSA) is 24.1 Å². The molecule has 1 unspecified atom stereocenters. The summed E-state index contributed by atoms with van der Waals surface area (Å²) in [5.74, 6) is 0.507. The highest BCUT2D eigenvalue weighted by atomic mass is 79.9. The van der Waals surface area contributed by atoms with Gasteiger partial charge >= 0.3 is 0 Å². The van der Waals surface area contributed by atoms with E-state index >= 15 is 0 Å². The Morgan fingerprint density at radius 3 is 2.81 bits per heavy atom. The average molecular weight is 285 g/mol. The number of anilines is 2. The molecule has 0 spiro atoms. The zero-order valence-electron chi connectivity index (χ0n) is 9.11. The van der Waals surface area contributed by atoms with E-state index in [1.54, 1.807) is 12.1 Å². The molecule has 2 nitrogen and oxygen atoms in total. The Labute approximate surface area is 103 Å². The largest absolute Gasteiger partial charge is 0.381 e. The number of hydrogen-bond donors (Lipinski definition) is 2. The Balaban J connectivity index is 1.96. The Morgan fingerprint density at radius 2 is 2.12 bits per heavy atom. The minimum absolute atomic E-state index is 0.0767. The number of fused-ring (bicyclic) bond motifs is 1. The first kappa shape index (κ1) is 10.4. The highest BCUT2D eigenvalue weighted by Gasteiger charge is 2.43. The van der Waals surface area contributed by atoms with Crippen LogP contribution in [-0.4, -0.2) is 12.1 Å². The monoisotopic (exact) mass is 284 g/mol. The van der Waals surface area contributed by atoms with Crippen molar-refractivity contribution in [1.82, 2.24) is 0 Å². The standard InChI is InChI=1S/C12H14BrFN2/c1-12(7-2-3-7)6-15-10-4-8(13)9(14)5-11(10)16-12/h4-5,7,15-16H,2-3,6H2,1H3. The second-order valence-electron chi connectivity index (χ2n) is 4.98. The summed E-state index contributed by atoms with van der Waals surface area (Å²) in [5, 5.41) is 6.86. The lowest BCUT2D eigenvalue weighted by Crippen LogP contribution is -2.47. The number of rotatable bonds is 1. The molecule has 0 radical (unpaired) electrons. The maximum absolute atomic E-state index is 13.5. The van der Waals surface area contributed by atoms with E-state index in [9.17, 15) is 4.39 Å². The Hall–Kier alpha value is -0.770. The van der Waals surface area contributed by atoms with Gasteiger partial charge in [-0.1, -0.05) is 0 Å². The van der Waals surface area contributed by atoms with Crippen LogP contribution < -0.4 is 10.6 Å². The number of hydrogen-bond acceptors (Lipinski definition) is 2. The summed E-state index contributed by atoms with van der Waals surface area (Å²) in [6.45, 7) is 3.11. The predicted octanol–water partition coefficient (Wildman–Crippen LogP) is 3.59. The fraction of sp³-hybridized carbons (Fsp3) is 0.500. The highest BCUT2D eigenvalue weighted by molar-refractivity contribution is 9.10. The molecular formula is C12H14BrFN2. The zero-order chi connectivity index (χ0) is 11.3. The fourth-order valence-electron chi connectivity index (χ4n) is 2.39. The van der Waals surface area contributed by atoms with E-state index in [1.807, 2.05) is 0 Å². The van der Waals surface area contributed by atoms with E-state index in [-0.39, 0.29) is 11.4 Å². The molecule has 1 aliphatic carbocycles. The molecule has 16 heavy (non-hydrogen) atoms. The van der Waals surface area contributed by atoms with Crippen LogP contribution >= 0.6 is 15.9 Å². The molecule has 0 amide bonds. The van der Waals surface area contributed by atoms with Gasteiger partial charge in [0.1, 0.15) is 5.82 Å². The summed E-state index contributed by atoms with van der Waals surface area (Å²) in [7, 11) is 0. The first-order valence-corrected chi connectivity index (χ1v) is 6.39. The van der Waals surface area contributed by atoms with Gasteiger partial charge in [0, 0.05) is 12.6 Å². The van der Waals surface area contributed by atoms with Crippen LogP contribution in [-0.2, 0) is 0 Å². The third kappa shape index (κ3) is 1.59. The molecule has 1 saturated carbocycles. The van der Waals surface area contributed by atoms with E-state index in [0.29, 0.717) is 4.47 Å². The third-order valence-corrected chi connectivity index (χ3v) is 4.21. The second-order valence-corrected chi connectivity index (χ2v) is 5.84. The smallest absolute Gasteiger partial charge is 0.139 e. The van der Waals surface area contributed by atoms with E-state index in [1.165, 1.54) is 12.8 Å². The van der Waals surface area contributed by atoms with Crippen molar-refractivity contribution in [2.24, 2.45) is 5.92 Å². The van der Waals surface area contributed by atoms with Crippen molar-refractivity contribution in [3.63, 3.8) is 0 Å². The number of nitrogens with one attached hydrogen (secondary N) is 2. The normalized spacial score (nSPS) is 27.9. The van der Waals surface area contributed by atoms with Gasteiger partial charge in [0.2, 0.25) is 0 Å². The van der Waals surface area contributed by atoms with Crippen molar-refractivity contribution in [2.45, 2.75) is 25.3 Å². The van der Waals surface area contributed by atoms with E-state index in [2.05, 4.69) is 33.5 Å². The van der Waals surface area contributed by atoms with Gasteiger partial charge in [-0.3, -0.25) is 0 Å². The minimum Gasteiger partial charge on any atom is -0.381 e. The first-order valence-electron chi connectivity index (χ1n) is 5.59. The third-order valence-electron chi connectivity index (χ3n) is 3.61. The van der Waals surface area contributed by atoms with Crippen LogP contribution in [0.3, 0.4) is 0 Å². The highest BCUT2D eigenvalue weighted by Crippen LogP contribution is 2.45. The van der Waals surface area contributed by atoms with E-state index in [4.69, 9.17) is 0 Å². The predicted molar refractivity (Wildman–Crippen MR) is 67.3 cm³/mol. The minimum atomic E-state index is -0.215. The summed E-state index contributed by atoms with van der Waals surface area (Å²) in [6.07, 6.45) is 2.55. The van der Waals surface area contributed by atoms with Crippen LogP contribution in [0, 0.1) is 11.7 Å². The van der Waals surface area contributed by atoms with Crippen LogP contribution in [0.4, 0.5) is 15.8 Å². The SMILES string of the molecule is CC1(C2CC2)CNc2cc(Br)c(F)cc2N1. The summed E-state index contributed by atoms with van der Waals surface area (Å²) in [5.41, 5.74) is 1.93. The van der Waals surface area contributed by atoms with Crippen LogP contribution in [0.25, 0.3) is 0 Å². The van der Waals surface area contributed by atoms with Gasteiger partial charge in [-0.15, -0.1) is 0 Å². The summed E-state index contributed by atoms with van der Waals surface area (Å²) in [4.78, 5) is 0. The molecule has 86 valence electrons. The summed E-state index contributed by atoms with van der Waals surface area (Å²) in [6, 6.07) is 3.36. The maximum Gasteiger partial charge on any atom is 0.139 e. The van der Waals surface area contributed by atoms with Crippen LogP contribution in [0.5, 0.6) is 0 Å². The lowest BCUT2D eigenvalue weighted by molar-refractivity contribution is 0.465. The molecule has 0 bridgehead atoms. The number of halogens is 2. The molecule has 2 N–H and O–H groups in total. The van der Waals surface area contributed by atoms with Crippen molar-refractivity contribution in [1.29, 1.82) is 0 Å². The molecule has 2 aliphatic rings. The van der Waals surface area contributed by atoms with Gasteiger partial charge in [-0.05, 0) is 47.7 Å². The van der Waals surface area contributed by atoms with Gasteiger partial charge in [0.15, 0.2) is 0 Å². The second kappa shape index (κ2) is 3.36. The van der Waals surface area contributed by atoms with Crippen LogP contribution in [0.15, 0.2) is 16.6 Å². The molecule has 3 rings (SSSR count). The van der Waals surface area contributed by atoms with Gasteiger partial charge in [-0.25, -0.2) is 4.39 Å². The van der Waals surface area contributed by atoms with E-state index in [0.717, 1.165) is 23.8 Å². The summed E-state index contributed by atoms with van der Waals surface area (Å²) < 4.78 is 14.0. The number of benzene rings is 1. The Bertz CT molecular complexity index is 445. The lowest BCUT2D eigenvalue weighted by Gasteiger charge is -2.38. The van der Waals surface area contributed by atoms with Gasteiger partial charge in [0.05, 0.1) is 21.4 Å². The fourth-order valence-corrected chi connectivity index (χ4v) is 2.74. The maximum atomic E-state index is 13.5. The first-order chi connectivity index (χ1) is 7.58. The molecule has 0 aromatic heterocycles. The van der Waals surface area contributed by atoms with Crippen molar-refractivity contribution in [3.8, 4) is 0 Å². The lowest BCUT2D eigenvalue weighted by atomic mass is 9.92. The van der Waals surface area contributed by atoms with Gasteiger partial charge in [0.25, 0.3) is 0 Å². The molecule has 1 aromatic rings. The molecule has 1 atom stereocenters. The van der Waals surface area contributed by atoms with E-state index < -0.39 is 0 Å².